The maximum atomic E-state index is 4.87. The molecule has 0 atom stereocenters. The monoisotopic (exact) mass is 174 g/mol. The van der Waals surface area contributed by atoms with E-state index in [9.17, 15) is 0 Å². The fourth-order valence-corrected chi connectivity index (χ4v) is 0.765. The van der Waals surface area contributed by atoms with Crippen molar-refractivity contribution in [2.45, 2.75) is 13.5 Å². The molecule has 1 heterocycles. The lowest BCUT2D eigenvalue weighted by molar-refractivity contribution is 0.121. The van der Waals surface area contributed by atoms with Gasteiger partial charge in [-0.25, -0.2) is 5.90 Å². The summed E-state index contributed by atoms with van der Waals surface area (Å²) in [5, 5.41) is 0. The van der Waals surface area contributed by atoms with Gasteiger partial charge in [0.1, 0.15) is 6.61 Å². The van der Waals surface area contributed by atoms with Crippen LogP contribution >= 0.6 is 12.4 Å². The van der Waals surface area contributed by atoms with Crippen LogP contribution in [0.2, 0.25) is 0 Å². The highest BCUT2D eigenvalue weighted by atomic mass is 35.5. The van der Waals surface area contributed by atoms with E-state index in [2.05, 4.69) is 9.82 Å². The first-order valence-electron chi connectivity index (χ1n) is 3.07. The van der Waals surface area contributed by atoms with E-state index in [0.29, 0.717) is 6.61 Å². The van der Waals surface area contributed by atoms with Crippen LogP contribution in [0.1, 0.15) is 11.4 Å². The van der Waals surface area contributed by atoms with Crippen LogP contribution in [0.3, 0.4) is 0 Å². The van der Waals surface area contributed by atoms with Gasteiger partial charge in [-0.2, -0.15) is 0 Å². The zero-order valence-electron chi connectivity index (χ0n) is 6.28. The van der Waals surface area contributed by atoms with Crippen molar-refractivity contribution in [2.75, 3.05) is 0 Å². The number of nitrogens with two attached hydrogens (primary N) is 1. The van der Waals surface area contributed by atoms with E-state index in [0.717, 1.165) is 11.4 Å². The molecule has 1 aromatic heterocycles. The molecular weight excluding hydrogens is 164 g/mol. The Balaban J connectivity index is 0.000001000. The van der Waals surface area contributed by atoms with Crippen LogP contribution in [-0.2, 0) is 11.4 Å². The second-order valence-corrected chi connectivity index (χ2v) is 2.08. The summed E-state index contributed by atoms with van der Waals surface area (Å²) in [4.78, 5) is 8.58. The maximum absolute atomic E-state index is 4.87. The SMILES string of the molecule is Cc1cccc(CON)n1.Cl. The van der Waals surface area contributed by atoms with E-state index in [-0.39, 0.29) is 12.4 Å². The Kier molecular flexibility index (Phi) is 4.77. The Morgan fingerprint density at radius 1 is 1.55 bits per heavy atom. The minimum atomic E-state index is 0. The molecule has 1 aromatic rings. The molecule has 0 saturated heterocycles. The molecule has 0 saturated carbocycles. The molecule has 4 heteroatoms. The zero-order valence-corrected chi connectivity index (χ0v) is 7.10. The van der Waals surface area contributed by atoms with Gasteiger partial charge >= 0.3 is 0 Å². The third kappa shape index (κ3) is 3.32. The lowest BCUT2D eigenvalue weighted by atomic mass is 10.3. The minimum absolute atomic E-state index is 0. The highest BCUT2D eigenvalue weighted by molar-refractivity contribution is 5.85. The lowest BCUT2D eigenvalue weighted by Gasteiger charge is -1.97. The molecular formula is C7H11ClN2O. The Morgan fingerprint density at radius 3 is 2.82 bits per heavy atom. The summed E-state index contributed by atoms with van der Waals surface area (Å²) in [6, 6.07) is 5.73. The summed E-state index contributed by atoms with van der Waals surface area (Å²) >= 11 is 0. The minimum Gasteiger partial charge on any atom is -0.298 e. The van der Waals surface area contributed by atoms with Gasteiger partial charge in [-0.1, -0.05) is 6.07 Å². The highest BCUT2D eigenvalue weighted by Gasteiger charge is 1.91. The molecule has 0 aliphatic rings. The van der Waals surface area contributed by atoms with Gasteiger partial charge in [0.15, 0.2) is 0 Å². The van der Waals surface area contributed by atoms with E-state index >= 15 is 0 Å². The van der Waals surface area contributed by atoms with Gasteiger partial charge in [0, 0.05) is 5.69 Å². The lowest BCUT2D eigenvalue weighted by Crippen LogP contribution is -2.01. The first-order valence-corrected chi connectivity index (χ1v) is 3.07. The van der Waals surface area contributed by atoms with Crippen molar-refractivity contribution >= 4 is 12.4 Å². The molecule has 0 aromatic carbocycles. The van der Waals surface area contributed by atoms with E-state index in [4.69, 9.17) is 5.90 Å². The summed E-state index contributed by atoms with van der Waals surface area (Å²) in [5.41, 5.74) is 1.84. The van der Waals surface area contributed by atoms with E-state index in [1.165, 1.54) is 0 Å². The molecule has 1 rings (SSSR count). The van der Waals surface area contributed by atoms with Gasteiger partial charge in [-0.05, 0) is 19.1 Å². The van der Waals surface area contributed by atoms with Crippen LogP contribution in [0.25, 0.3) is 0 Å². The Morgan fingerprint density at radius 2 is 2.27 bits per heavy atom. The van der Waals surface area contributed by atoms with E-state index < -0.39 is 0 Å². The predicted molar refractivity (Wildman–Crippen MR) is 45.2 cm³/mol. The highest BCUT2D eigenvalue weighted by Crippen LogP contribution is 1.97. The van der Waals surface area contributed by atoms with Crippen molar-refractivity contribution in [2.24, 2.45) is 5.90 Å². The number of aromatic nitrogens is 1. The van der Waals surface area contributed by atoms with Gasteiger partial charge < -0.3 is 0 Å². The molecule has 0 aliphatic carbocycles. The van der Waals surface area contributed by atoms with E-state index in [1.54, 1.807) is 0 Å². The quantitative estimate of drug-likeness (QED) is 0.686. The first kappa shape index (κ1) is 10.4. The van der Waals surface area contributed by atoms with Crippen molar-refractivity contribution in [3.8, 4) is 0 Å². The number of halogens is 1. The largest absolute Gasteiger partial charge is 0.298 e. The fraction of sp³-hybridized carbons (Fsp3) is 0.286. The van der Waals surface area contributed by atoms with E-state index in [1.807, 2.05) is 25.1 Å². The normalized spacial score (nSPS) is 8.91. The van der Waals surface area contributed by atoms with Gasteiger partial charge in [0.2, 0.25) is 0 Å². The number of hydrogen-bond acceptors (Lipinski definition) is 3. The molecule has 3 nitrogen and oxygen atoms in total. The summed E-state index contributed by atoms with van der Waals surface area (Å²) in [7, 11) is 0. The van der Waals surface area contributed by atoms with Gasteiger partial charge in [0.25, 0.3) is 0 Å². The number of pyridine rings is 1. The van der Waals surface area contributed by atoms with Crippen molar-refractivity contribution < 1.29 is 4.84 Å². The molecule has 0 amide bonds. The van der Waals surface area contributed by atoms with Crippen LogP contribution < -0.4 is 5.90 Å². The molecule has 0 bridgehead atoms. The average Bonchev–Trinajstić information content (AvgIpc) is 1.88. The molecule has 0 fully saturated rings. The van der Waals surface area contributed by atoms with Crippen LogP contribution in [-0.4, -0.2) is 4.98 Å². The van der Waals surface area contributed by atoms with Crippen molar-refractivity contribution in [1.82, 2.24) is 4.98 Å². The zero-order chi connectivity index (χ0) is 7.40. The van der Waals surface area contributed by atoms with Crippen LogP contribution in [0.5, 0.6) is 0 Å². The summed E-state index contributed by atoms with van der Waals surface area (Å²) in [6.07, 6.45) is 0. The van der Waals surface area contributed by atoms with Gasteiger partial charge in [0.05, 0.1) is 5.69 Å². The Hall–Kier alpha value is -0.640. The first-order chi connectivity index (χ1) is 4.83. The van der Waals surface area contributed by atoms with Crippen molar-refractivity contribution in [1.29, 1.82) is 0 Å². The Bertz CT molecular complexity index is 217. The van der Waals surface area contributed by atoms with Crippen molar-refractivity contribution in [3.63, 3.8) is 0 Å². The second kappa shape index (κ2) is 5.07. The molecule has 0 unspecified atom stereocenters. The van der Waals surface area contributed by atoms with Gasteiger partial charge in [-0.15, -0.1) is 12.4 Å². The number of rotatable bonds is 2. The van der Waals surface area contributed by atoms with Crippen LogP contribution in [0, 0.1) is 6.92 Å². The van der Waals surface area contributed by atoms with Gasteiger partial charge in [-0.3, -0.25) is 9.82 Å². The summed E-state index contributed by atoms with van der Waals surface area (Å²) < 4.78 is 0. The topological polar surface area (TPSA) is 48.1 Å². The molecule has 62 valence electrons. The number of nitrogens with zero attached hydrogens (tertiary/aromatic N) is 1. The Labute approximate surface area is 71.9 Å². The summed E-state index contributed by atoms with van der Waals surface area (Å²) in [5.74, 6) is 4.87. The predicted octanol–water partition coefficient (Wildman–Crippen LogP) is 1.20. The van der Waals surface area contributed by atoms with Crippen LogP contribution in [0.15, 0.2) is 18.2 Å². The smallest absolute Gasteiger partial charge is 0.110 e. The van der Waals surface area contributed by atoms with Crippen LogP contribution in [0.4, 0.5) is 0 Å². The number of aryl methyl sites for hydroxylation is 1. The standard InChI is InChI=1S/C7H10N2O.ClH/c1-6-3-2-4-7(9-6)5-10-8;/h2-4H,5,8H2,1H3;1H. The number of hydrogen-bond donors (Lipinski definition) is 1. The molecule has 0 spiro atoms. The third-order valence-electron chi connectivity index (χ3n) is 1.18. The molecule has 2 N–H and O–H groups in total. The molecule has 0 radical (unpaired) electrons. The van der Waals surface area contributed by atoms with Crippen molar-refractivity contribution in [3.05, 3.63) is 29.6 Å². The summed E-state index contributed by atoms with van der Waals surface area (Å²) in [6.45, 7) is 2.31. The molecule has 11 heavy (non-hydrogen) atoms. The second-order valence-electron chi connectivity index (χ2n) is 2.08. The maximum Gasteiger partial charge on any atom is 0.110 e. The average molecular weight is 175 g/mol. The fourth-order valence-electron chi connectivity index (χ4n) is 0.765. The third-order valence-corrected chi connectivity index (χ3v) is 1.18. The molecule has 0 aliphatic heterocycles.